The van der Waals surface area contributed by atoms with Gasteiger partial charge in [0, 0.05) is 34.6 Å². The van der Waals surface area contributed by atoms with Crippen molar-refractivity contribution in [1.82, 2.24) is 9.55 Å². The summed E-state index contributed by atoms with van der Waals surface area (Å²) < 4.78 is 2.18. The first-order valence-corrected chi connectivity index (χ1v) is 10.6. The van der Waals surface area contributed by atoms with E-state index in [1.807, 2.05) is 48.5 Å². The quantitative estimate of drug-likeness (QED) is 0.631. The highest BCUT2D eigenvalue weighted by atomic mass is 32.2. The number of nitrogens with zero attached hydrogens (tertiary/aromatic N) is 2. The second kappa shape index (κ2) is 7.60. The molecule has 0 aliphatic carbocycles. The lowest BCUT2D eigenvalue weighted by Crippen LogP contribution is -2.13. The van der Waals surface area contributed by atoms with Gasteiger partial charge in [-0.05, 0) is 30.0 Å². The van der Waals surface area contributed by atoms with Gasteiger partial charge in [0.1, 0.15) is 0 Å². The van der Waals surface area contributed by atoms with Crippen LogP contribution in [0.3, 0.4) is 0 Å². The summed E-state index contributed by atoms with van der Waals surface area (Å²) in [5.74, 6) is 1.94. The monoisotopic (exact) mass is 381 g/mol. The van der Waals surface area contributed by atoms with Crippen molar-refractivity contribution in [3.05, 3.63) is 60.3 Å². The van der Waals surface area contributed by atoms with Crippen molar-refractivity contribution >= 4 is 35.1 Å². The zero-order valence-corrected chi connectivity index (χ0v) is 16.1. The Bertz CT molecular complexity index is 930. The SMILES string of the molecule is CCSc1ccccc1C(=O)Nc1cccc(-c2cn3c(n2)SCC3)c1. The minimum absolute atomic E-state index is 0.0819. The van der Waals surface area contributed by atoms with Gasteiger partial charge in [-0.25, -0.2) is 4.98 Å². The molecular formula is C20H19N3OS2. The van der Waals surface area contributed by atoms with Crippen molar-refractivity contribution in [2.24, 2.45) is 0 Å². The van der Waals surface area contributed by atoms with Gasteiger partial charge in [-0.2, -0.15) is 0 Å². The molecule has 0 fully saturated rings. The molecule has 26 heavy (non-hydrogen) atoms. The Kier molecular flexibility index (Phi) is 5.04. The van der Waals surface area contributed by atoms with Crippen LogP contribution in [-0.2, 0) is 6.54 Å². The summed E-state index contributed by atoms with van der Waals surface area (Å²) in [5, 5.41) is 4.09. The second-order valence-corrected chi connectivity index (χ2v) is 8.28. The topological polar surface area (TPSA) is 46.9 Å². The van der Waals surface area contributed by atoms with Gasteiger partial charge in [-0.3, -0.25) is 4.79 Å². The first-order chi connectivity index (χ1) is 12.7. The maximum absolute atomic E-state index is 12.7. The number of nitrogens with one attached hydrogen (secondary N) is 1. The van der Waals surface area contributed by atoms with Gasteiger partial charge >= 0.3 is 0 Å². The molecule has 0 saturated carbocycles. The average Bonchev–Trinajstić information content (AvgIpc) is 3.25. The standard InChI is InChI=1S/C20H19N3OS2/c1-2-25-18-9-4-3-8-16(18)19(24)21-15-7-5-6-14(12-15)17-13-23-10-11-26-20(23)22-17/h3-9,12-13H,2,10-11H2,1H3,(H,21,24). The predicted octanol–water partition coefficient (Wildman–Crippen LogP) is 5.02. The van der Waals surface area contributed by atoms with E-state index in [2.05, 4.69) is 28.0 Å². The maximum atomic E-state index is 12.7. The minimum Gasteiger partial charge on any atom is -0.325 e. The van der Waals surface area contributed by atoms with E-state index in [0.29, 0.717) is 5.56 Å². The van der Waals surface area contributed by atoms with Crippen LogP contribution in [0.1, 0.15) is 17.3 Å². The number of hydrogen-bond donors (Lipinski definition) is 1. The van der Waals surface area contributed by atoms with E-state index < -0.39 is 0 Å². The van der Waals surface area contributed by atoms with Crippen molar-refractivity contribution in [3.63, 3.8) is 0 Å². The largest absolute Gasteiger partial charge is 0.325 e. The number of imidazole rings is 1. The number of amides is 1. The fraction of sp³-hybridized carbons (Fsp3) is 0.200. The molecule has 0 bridgehead atoms. The molecule has 1 amide bonds. The zero-order valence-electron chi connectivity index (χ0n) is 14.4. The van der Waals surface area contributed by atoms with Crippen molar-refractivity contribution < 1.29 is 4.79 Å². The van der Waals surface area contributed by atoms with Crippen molar-refractivity contribution in [2.45, 2.75) is 23.5 Å². The van der Waals surface area contributed by atoms with Gasteiger partial charge in [0.05, 0.1) is 11.3 Å². The van der Waals surface area contributed by atoms with E-state index in [1.165, 1.54) is 0 Å². The highest BCUT2D eigenvalue weighted by Gasteiger charge is 2.16. The molecule has 1 aliphatic heterocycles. The van der Waals surface area contributed by atoms with Crippen LogP contribution in [0.5, 0.6) is 0 Å². The second-order valence-electron chi connectivity index (χ2n) is 5.91. The normalized spacial score (nSPS) is 12.8. The number of fused-ring (bicyclic) bond motifs is 1. The van der Waals surface area contributed by atoms with Crippen LogP contribution in [0.15, 0.2) is 64.8 Å². The summed E-state index contributed by atoms with van der Waals surface area (Å²) in [6.45, 7) is 3.10. The molecule has 0 atom stereocenters. The summed E-state index contributed by atoms with van der Waals surface area (Å²) in [7, 11) is 0. The Morgan fingerprint density at radius 2 is 2.15 bits per heavy atom. The lowest BCUT2D eigenvalue weighted by atomic mass is 10.1. The molecule has 2 aromatic carbocycles. The van der Waals surface area contributed by atoms with Crippen molar-refractivity contribution in [2.75, 3.05) is 16.8 Å². The zero-order chi connectivity index (χ0) is 17.9. The average molecular weight is 382 g/mol. The van der Waals surface area contributed by atoms with Crippen LogP contribution in [-0.4, -0.2) is 27.0 Å². The van der Waals surface area contributed by atoms with Gasteiger partial charge < -0.3 is 9.88 Å². The summed E-state index contributed by atoms with van der Waals surface area (Å²) in [6.07, 6.45) is 2.09. The number of carbonyl (C=O) groups excluding carboxylic acids is 1. The van der Waals surface area contributed by atoms with Crippen LogP contribution < -0.4 is 5.32 Å². The molecule has 1 aliphatic rings. The summed E-state index contributed by atoms with van der Waals surface area (Å²) in [6, 6.07) is 15.6. The lowest BCUT2D eigenvalue weighted by Gasteiger charge is -2.10. The number of rotatable bonds is 5. The van der Waals surface area contributed by atoms with E-state index in [9.17, 15) is 4.79 Å². The first-order valence-electron chi connectivity index (χ1n) is 8.58. The molecule has 0 spiro atoms. The molecule has 1 aromatic heterocycles. The smallest absolute Gasteiger partial charge is 0.256 e. The van der Waals surface area contributed by atoms with Crippen LogP contribution in [0.4, 0.5) is 5.69 Å². The molecular weight excluding hydrogens is 362 g/mol. The number of aryl methyl sites for hydroxylation is 1. The Morgan fingerprint density at radius 3 is 3.00 bits per heavy atom. The van der Waals surface area contributed by atoms with Crippen LogP contribution in [0, 0.1) is 0 Å². The van der Waals surface area contributed by atoms with Gasteiger partial charge in [0.2, 0.25) is 0 Å². The van der Waals surface area contributed by atoms with Crippen molar-refractivity contribution in [1.29, 1.82) is 0 Å². The van der Waals surface area contributed by atoms with E-state index in [-0.39, 0.29) is 5.91 Å². The van der Waals surface area contributed by atoms with E-state index in [0.717, 1.165) is 45.0 Å². The Balaban J connectivity index is 1.56. The molecule has 0 radical (unpaired) electrons. The van der Waals surface area contributed by atoms with Gasteiger partial charge in [-0.1, -0.05) is 43.0 Å². The number of carbonyl (C=O) groups is 1. The third-order valence-electron chi connectivity index (χ3n) is 4.15. The lowest BCUT2D eigenvalue weighted by molar-refractivity contribution is 0.102. The Morgan fingerprint density at radius 1 is 1.27 bits per heavy atom. The molecule has 6 heteroatoms. The molecule has 3 aromatic rings. The number of benzene rings is 2. The van der Waals surface area contributed by atoms with E-state index in [4.69, 9.17) is 0 Å². The highest BCUT2D eigenvalue weighted by Crippen LogP contribution is 2.30. The van der Waals surface area contributed by atoms with Gasteiger partial charge in [0.25, 0.3) is 5.91 Å². The van der Waals surface area contributed by atoms with Crippen LogP contribution in [0.25, 0.3) is 11.3 Å². The number of aromatic nitrogens is 2. The van der Waals surface area contributed by atoms with Gasteiger partial charge in [-0.15, -0.1) is 11.8 Å². The molecule has 0 unspecified atom stereocenters. The molecule has 4 rings (SSSR count). The Hall–Kier alpha value is -2.18. The number of anilines is 1. The minimum atomic E-state index is -0.0819. The third-order valence-corrected chi connectivity index (χ3v) is 6.08. The predicted molar refractivity (Wildman–Crippen MR) is 109 cm³/mol. The van der Waals surface area contributed by atoms with Crippen molar-refractivity contribution in [3.8, 4) is 11.3 Å². The number of thioether (sulfide) groups is 2. The number of hydrogen-bond acceptors (Lipinski definition) is 4. The molecule has 4 nitrogen and oxygen atoms in total. The molecule has 0 saturated heterocycles. The van der Waals surface area contributed by atoms with E-state index in [1.54, 1.807) is 23.5 Å². The highest BCUT2D eigenvalue weighted by molar-refractivity contribution is 7.99. The molecule has 1 N–H and O–H groups in total. The van der Waals surface area contributed by atoms with E-state index >= 15 is 0 Å². The fourth-order valence-corrected chi connectivity index (χ4v) is 4.68. The van der Waals surface area contributed by atoms with Gasteiger partial charge in [0.15, 0.2) is 5.16 Å². The third kappa shape index (κ3) is 3.52. The van der Waals surface area contributed by atoms with Crippen LogP contribution in [0.2, 0.25) is 0 Å². The molecule has 2 heterocycles. The Labute approximate surface area is 161 Å². The molecule has 132 valence electrons. The first kappa shape index (κ1) is 17.2. The van der Waals surface area contributed by atoms with Crippen LogP contribution >= 0.6 is 23.5 Å². The fourth-order valence-electron chi connectivity index (χ4n) is 2.94. The maximum Gasteiger partial charge on any atom is 0.256 e. The summed E-state index contributed by atoms with van der Waals surface area (Å²) in [5.41, 5.74) is 3.46. The summed E-state index contributed by atoms with van der Waals surface area (Å²) in [4.78, 5) is 18.4. The summed E-state index contributed by atoms with van der Waals surface area (Å²) >= 11 is 3.46.